The summed E-state index contributed by atoms with van der Waals surface area (Å²) in [5.41, 5.74) is 1.30. The van der Waals surface area contributed by atoms with Gasteiger partial charge in [-0.15, -0.1) is 0 Å². The van der Waals surface area contributed by atoms with E-state index in [1.165, 1.54) is 37.6 Å². The maximum absolute atomic E-state index is 12.9. The second kappa shape index (κ2) is 5.67. The van der Waals surface area contributed by atoms with E-state index < -0.39 is 0 Å². The lowest BCUT2D eigenvalue weighted by atomic mass is 10.0. The van der Waals surface area contributed by atoms with E-state index in [2.05, 4.69) is 10.1 Å². The molecule has 0 radical (unpaired) electrons. The Bertz CT molecular complexity index is 615. The van der Waals surface area contributed by atoms with Gasteiger partial charge < -0.3 is 9.94 Å². The Hall–Kier alpha value is -2.14. The number of nitrogens with zero attached hydrogens (tertiary/aromatic N) is 2. The summed E-state index contributed by atoms with van der Waals surface area (Å²) in [5, 5.41) is 12.6. The molecule has 0 amide bonds. The van der Waals surface area contributed by atoms with Gasteiger partial charge in [0.2, 0.25) is 5.88 Å². The monoisotopic (exact) mass is 280 g/mol. The van der Waals surface area contributed by atoms with E-state index in [1.807, 2.05) is 0 Å². The molecule has 0 aliphatic heterocycles. The van der Waals surface area contributed by atoms with Crippen LogP contribution in [0.15, 0.2) is 41.7 Å². The molecule has 0 spiro atoms. The molecule has 0 fully saturated rings. The van der Waals surface area contributed by atoms with E-state index in [9.17, 15) is 4.39 Å². The van der Waals surface area contributed by atoms with Crippen LogP contribution in [-0.4, -0.2) is 23.0 Å². The minimum atomic E-state index is -0.369. The predicted octanol–water partition coefficient (Wildman–Crippen LogP) is 3.11. The molecule has 19 heavy (non-hydrogen) atoms. The van der Waals surface area contributed by atoms with Crippen LogP contribution in [0.1, 0.15) is 11.1 Å². The molecule has 0 aliphatic carbocycles. The molecule has 0 bridgehead atoms. The minimum absolute atomic E-state index is 0.247. The number of hydrogen-bond donors (Lipinski definition) is 1. The highest BCUT2D eigenvalue weighted by Gasteiger charge is 2.11. The van der Waals surface area contributed by atoms with Crippen molar-refractivity contribution in [3.05, 3.63) is 58.5 Å². The van der Waals surface area contributed by atoms with Crippen LogP contribution in [-0.2, 0) is 0 Å². The predicted molar refractivity (Wildman–Crippen MR) is 69.6 cm³/mol. The maximum atomic E-state index is 12.9. The molecule has 4 nitrogen and oxygen atoms in total. The molecule has 1 aromatic heterocycles. The number of halogens is 2. The van der Waals surface area contributed by atoms with Gasteiger partial charge in [0.15, 0.2) is 0 Å². The average molecular weight is 281 g/mol. The van der Waals surface area contributed by atoms with Gasteiger partial charge in [-0.05, 0) is 30.3 Å². The van der Waals surface area contributed by atoms with Crippen molar-refractivity contribution in [1.29, 1.82) is 0 Å². The summed E-state index contributed by atoms with van der Waals surface area (Å²) in [6.45, 7) is 0. The van der Waals surface area contributed by atoms with Crippen molar-refractivity contribution in [2.24, 2.45) is 5.16 Å². The van der Waals surface area contributed by atoms with Crippen molar-refractivity contribution >= 4 is 17.3 Å². The summed E-state index contributed by atoms with van der Waals surface area (Å²) in [7, 11) is 1.45. The van der Waals surface area contributed by atoms with Gasteiger partial charge >= 0.3 is 0 Å². The number of pyridine rings is 1. The van der Waals surface area contributed by atoms with Gasteiger partial charge in [0, 0.05) is 17.3 Å². The number of ether oxygens (including phenoxy) is 1. The van der Waals surface area contributed by atoms with Crippen LogP contribution in [0, 0.1) is 5.82 Å². The topological polar surface area (TPSA) is 54.7 Å². The summed E-state index contributed by atoms with van der Waals surface area (Å²) in [5.74, 6) is -0.0891. The van der Waals surface area contributed by atoms with E-state index in [0.717, 1.165) is 0 Å². The molecule has 0 aliphatic rings. The fourth-order valence-electron chi connectivity index (χ4n) is 1.59. The van der Waals surface area contributed by atoms with Gasteiger partial charge in [0.25, 0.3) is 0 Å². The van der Waals surface area contributed by atoms with Crippen molar-refractivity contribution < 1.29 is 14.3 Å². The van der Waals surface area contributed by atoms with E-state index >= 15 is 0 Å². The van der Waals surface area contributed by atoms with Crippen molar-refractivity contribution in [3.8, 4) is 5.88 Å². The molecule has 1 heterocycles. The van der Waals surface area contributed by atoms with Gasteiger partial charge in [0.1, 0.15) is 16.6 Å². The lowest BCUT2D eigenvalue weighted by Gasteiger charge is -2.07. The third kappa shape index (κ3) is 2.82. The first kappa shape index (κ1) is 13.3. The number of oxime groups is 1. The lowest BCUT2D eigenvalue weighted by molar-refractivity contribution is 0.319. The summed E-state index contributed by atoms with van der Waals surface area (Å²) in [6.07, 6.45) is 1.46. The first-order chi connectivity index (χ1) is 9.15. The Morgan fingerprint density at radius 3 is 2.53 bits per heavy atom. The zero-order valence-electron chi connectivity index (χ0n) is 9.97. The zero-order chi connectivity index (χ0) is 13.8. The fraction of sp³-hybridized carbons (Fsp3) is 0.0769. The van der Waals surface area contributed by atoms with Crippen LogP contribution >= 0.6 is 11.6 Å². The van der Waals surface area contributed by atoms with E-state index in [0.29, 0.717) is 16.1 Å². The first-order valence-corrected chi connectivity index (χ1v) is 5.71. The largest absolute Gasteiger partial charge is 0.480 e. The quantitative estimate of drug-likeness (QED) is 0.534. The number of benzene rings is 1. The molecule has 6 heteroatoms. The lowest BCUT2D eigenvalue weighted by Crippen LogP contribution is -2.04. The highest BCUT2D eigenvalue weighted by atomic mass is 35.5. The molecular formula is C13H10ClFN2O2. The number of aromatic nitrogens is 1. The van der Waals surface area contributed by atoms with Gasteiger partial charge in [-0.1, -0.05) is 16.8 Å². The Morgan fingerprint density at radius 1 is 1.32 bits per heavy atom. The number of hydrogen-bond acceptors (Lipinski definition) is 4. The molecule has 98 valence electrons. The van der Waals surface area contributed by atoms with Crippen LogP contribution in [0.5, 0.6) is 5.88 Å². The molecule has 0 unspecified atom stereocenters. The van der Waals surface area contributed by atoms with E-state index in [-0.39, 0.29) is 17.4 Å². The van der Waals surface area contributed by atoms with Crippen LogP contribution in [0.4, 0.5) is 4.39 Å². The molecule has 0 saturated heterocycles. The molecule has 1 aromatic carbocycles. The Kier molecular flexibility index (Phi) is 3.97. The van der Waals surface area contributed by atoms with Crippen molar-refractivity contribution in [2.75, 3.05) is 7.11 Å². The Labute approximate surface area is 114 Å². The molecule has 0 saturated carbocycles. The second-order valence-corrected chi connectivity index (χ2v) is 4.08. The third-order valence-corrected chi connectivity index (χ3v) is 2.76. The average Bonchev–Trinajstić information content (AvgIpc) is 2.42. The molecule has 1 N–H and O–H groups in total. The summed E-state index contributed by atoms with van der Waals surface area (Å²) in [4.78, 5) is 3.99. The normalized spacial score (nSPS) is 11.4. The molecule has 2 aromatic rings. The van der Waals surface area contributed by atoms with Gasteiger partial charge in [-0.25, -0.2) is 9.37 Å². The Morgan fingerprint density at radius 2 is 2.00 bits per heavy atom. The highest BCUT2D eigenvalue weighted by Crippen LogP contribution is 2.23. The van der Waals surface area contributed by atoms with Crippen LogP contribution in [0.25, 0.3) is 0 Å². The first-order valence-electron chi connectivity index (χ1n) is 5.33. The Balaban J connectivity index is 2.43. The zero-order valence-corrected chi connectivity index (χ0v) is 10.7. The van der Waals surface area contributed by atoms with Crippen LogP contribution < -0.4 is 4.74 Å². The van der Waals surface area contributed by atoms with E-state index in [4.69, 9.17) is 21.5 Å². The number of methoxy groups -OCH3 is 1. The van der Waals surface area contributed by atoms with Crippen molar-refractivity contribution in [2.45, 2.75) is 0 Å². The minimum Gasteiger partial charge on any atom is -0.480 e. The maximum Gasteiger partial charge on any atom is 0.232 e. The summed E-state index contributed by atoms with van der Waals surface area (Å²) in [6, 6.07) is 7.12. The van der Waals surface area contributed by atoms with Crippen molar-refractivity contribution in [3.63, 3.8) is 0 Å². The van der Waals surface area contributed by atoms with Crippen LogP contribution in [0.3, 0.4) is 0 Å². The van der Waals surface area contributed by atoms with Gasteiger partial charge in [-0.2, -0.15) is 0 Å². The molecule has 0 atom stereocenters. The smallest absolute Gasteiger partial charge is 0.232 e. The SMILES string of the molecule is COc1ncc(C(=NO)c2ccc(F)cc2)cc1Cl. The standard InChI is InChI=1S/C13H10ClFN2O2/c1-19-13-11(14)6-9(7-16-13)12(17-18)8-2-4-10(15)5-3-8/h2-7,18H,1H3. The highest BCUT2D eigenvalue weighted by molar-refractivity contribution is 6.32. The summed E-state index contributed by atoms with van der Waals surface area (Å²) < 4.78 is 17.8. The number of rotatable bonds is 3. The van der Waals surface area contributed by atoms with Crippen molar-refractivity contribution in [1.82, 2.24) is 4.98 Å². The van der Waals surface area contributed by atoms with E-state index in [1.54, 1.807) is 6.07 Å². The van der Waals surface area contributed by atoms with Gasteiger partial charge in [0.05, 0.1) is 7.11 Å². The van der Waals surface area contributed by atoms with Gasteiger partial charge in [-0.3, -0.25) is 0 Å². The second-order valence-electron chi connectivity index (χ2n) is 3.67. The molecule has 2 rings (SSSR count). The molecular weight excluding hydrogens is 271 g/mol. The summed E-state index contributed by atoms with van der Waals surface area (Å²) >= 11 is 5.96. The van der Waals surface area contributed by atoms with Crippen LogP contribution in [0.2, 0.25) is 5.02 Å². The fourth-order valence-corrected chi connectivity index (χ4v) is 1.84. The third-order valence-electron chi connectivity index (χ3n) is 2.49.